The molecule has 68 valence electrons. The Bertz CT molecular complexity index is 345. The molecule has 1 heterocycles. The van der Waals surface area contributed by atoms with Crippen LogP contribution >= 0.6 is 0 Å². The zero-order valence-electron chi connectivity index (χ0n) is 8.09. The molecule has 1 rings (SSSR count). The molecule has 0 amide bonds. The van der Waals surface area contributed by atoms with Crippen molar-refractivity contribution in [1.29, 1.82) is 0 Å². The van der Waals surface area contributed by atoms with Gasteiger partial charge in [0.15, 0.2) is 0 Å². The summed E-state index contributed by atoms with van der Waals surface area (Å²) in [5.74, 6) is 6.50. The molecule has 2 nitrogen and oxygen atoms in total. The van der Waals surface area contributed by atoms with Crippen LogP contribution in [-0.4, -0.2) is 4.98 Å². The second kappa shape index (κ2) is 4.51. The molecular weight excluding hydrogens is 160 g/mol. The Labute approximate surface area is 79.2 Å². The van der Waals surface area contributed by atoms with Gasteiger partial charge in [-0.15, -0.1) is 11.8 Å². The molecule has 0 atom stereocenters. The van der Waals surface area contributed by atoms with Gasteiger partial charge in [-0.25, -0.2) is 4.98 Å². The predicted octanol–water partition coefficient (Wildman–Crippen LogP) is 1.93. The minimum atomic E-state index is 0.628. The molecule has 0 aliphatic rings. The maximum atomic E-state index is 5.71. The fraction of sp³-hybridized carbons (Fsp3) is 0.364. The summed E-state index contributed by atoms with van der Waals surface area (Å²) in [7, 11) is 0. The first-order valence-corrected chi connectivity index (χ1v) is 4.34. The van der Waals surface area contributed by atoms with E-state index in [0.717, 1.165) is 24.0 Å². The van der Waals surface area contributed by atoms with Gasteiger partial charge in [-0.05, 0) is 31.4 Å². The number of aryl methyl sites for hydroxylation is 2. The Morgan fingerprint density at radius 2 is 2.31 bits per heavy atom. The van der Waals surface area contributed by atoms with Crippen molar-refractivity contribution in [1.82, 2.24) is 4.98 Å². The van der Waals surface area contributed by atoms with Gasteiger partial charge in [0.1, 0.15) is 5.82 Å². The Morgan fingerprint density at radius 3 is 3.00 bits per heavy atom. The number of rotatable bonds is 2. The first kappa shape index (κ1) is 9.60. The first-order chi connectivity index (χ1) is 6.24. The molecule has 13 heavy (non-hydrogen) atoms. The molecule has 1 aromatic rings. The highest BCUT2D eigenvalue weighted by molar-refractivity contribution is 5.40. The first-order valence-electron chi connectivity index (χ1n) is 4.34. The lowest BCUT2D eigenvalue weighted by atomic mass is 10.1. The Hall–Kier alpha value is -1.49. The molecule has 2 N–H and O–H groups in total. The van der Waals surface area contributed by atoms with Gasteiger partial charge >= 0.3 is 0 Å². The highest BCUT2D eigenvalue weighted by atomic mass is 14.8. The molecule has 1 aromatic heterocycles. The fourth-order valence-electron chi connectivity index (χ4n) is 1.16. The van der Waals surface area contributed by atoms with Gasteiger partial charge in [0.2, 0.25) is 0 Å². The van der Waals surface area contributed by atoms with Crippen molar-refractivity contribution < 1.29 is 0 Å². The predicted molar refractivity (Wildman–Crippen MR) is 55.2 cm³/mol. The van der Waals surface area contributed by atoms with Crippen molar-refractivity contribution in [3.63, 3.8) is 0 Å². The van der Waals surface area contributed by atoms with E-state index in [1.54, 1.807) is 6.20 Å². The molecule has 0 aliphatic heterocycles. The molecule has 0 aliphatic carbocycles. The molecule has 0 bridgehead atoms. The number of aromatic nitrogens is 1. The normalized spacial score (nSPS) is 9.08. The van der Waals surface area contributed by atoms with E-state index in [-0.39, 0.29) is 0 Å². The van der Waals surface area contributed by atoms with E-state index in [0.29, 0.717) is 5.82 Å². The van der Waals surface area contributed by atoms with Crippen LogP contribution in [-0.2, 0) is 6.42 Å². The minimum absolute atomic E-state index is 0.628. The molecular formula is C11H14N2. The molecule has 0 unspecified atom stereocenters. The van der Waals surface area contributed by atoms with Crippen LogP contribution in [0.1, 0.15) is 24.5 Å². The average Bonchev–Trinajstić information content (AvgIpc) is 2.11. The maximum Gasteiger partial charge on any atom is 0.126 e. The minimum Gasteiger partial charge on any atom is -0.383 e. The molecule has 0 fully saturated rings. The topological polar surface area (TPSA) is 38.9 Å². The van der Waals surface area contributed by atoms with Crippen LogP contribution in [0.4, 0.5) is 5.82 Å². The third-order valence-corrected chi connectivity index (χ3v) is 1.83. The van der Waals surface area contributed by atoms with Crippen LogP contribution < -0.4 is 5.73 Å². The summed E-state index contributed by atoms with van der Waals surface area (Å²) < 4.78 is 0. The summed E-state index contributed by atoms with van der Waals surface area (Å²) in [6, 6.07) is 2.07. The Kier molecular flexibility index (Phi) is 3.33. The molecule has 0 spiro atoms. The number of nitrogen functional groups attached to an aromatic ring is 1. The van der Waals surface area contributed by atoms with Gasteiger partial charge in [0, 0.05) is 12.6 Å². The summed E-state index contributed by atoms with van der Waals surface area (Å²) in [6.07, 6.45) is 3.53. The van der Waals surface area contributed by atoms with Crippen molar-refractivity contribution in [2.24, 2.45) is 0 Å². The van der Waals surface area contributed by atoms with E-state index < -0.39 is 0 Å². The van der Waals surface area contributed by atoms with E-state index in [9.17, 15) is 0 Å². The number of pyridine rings is 1. The van der Waals surface area contributed by atoms with E-state index in [2.05, 4.69) is 22.9 Å². The molecule has 0 saturated carbocycles. The van der Waals surface area contributed by atoms with Crippen LogP contribution in [0.5, 0.6) is 0 Å². The monoisotopic (exact) mass is 174 g/mol. The highest BCUT2D eigenvalue weighted by Gasteiger charge is 1.98. The van der Waals surface area contributed by atoms with Crippen molar-refractivity contribution in [3.05, 3.63) is 23.4 Å². The van der Waals surface area contributed by atoms with Crippen LogP contribution in [0.15, 0.2) is 12.3 Å². The van der Waals surface area contributed by atoms with Crippen LogP contribution in [0, 0.1) is 18.8 Å². The summed E-state index contributed by atoms with van der Waals surface area (Å²) in [5, 5.41) is 0. The van der Waals surface area contributed by atoms with Crippen LogP contribution in [0.3, 0.4) is 0 Å². The van der Waals surface area contributed by atoms with Gasteiger partial charge in [-0.2, -0.15) is 0 Å². The van der Waals surface area contributed by atoms with Crippen LogP contribution in [0.2, 0.25) is 0 Å². The lowest BCUT2D eigenvalue weighted by Gasteiger charge is -2.02. The maximum absolute atomic E-state index is 5.71. The number of hydrogen-bond donors (Lipinski definition) is 1. The summed E-state index contributed by atoms with van der Waals surface area (Å²) >= 11 is 0. The molecule has 0 aromatic carbocycles. The number of nitrogens with zero attached hydrogens (tertiary/aromatic N) is 1. The quantitative estimate of drug-likeness (QED) is 0.696. The SMILES string of the molecule is CC#CCCc1cc(C)cnc1N. The Morgan fingerprint density at radius 1 is 1.54 bits per heavy atom. The lowest BCUT2D eigenvalue weighted by molar-refractivity contribution is 1.01. The summed E-state index contributed by atoms with van der Waals surface area (Å²) in [6.45, 7) is 3.86. The van der Waals surface area contributed by atoms with E-state index in [1.807, 2.05) is 13.8 Å². The van der Waals surface area contributed by atoms with E-state index >= 15 is 0 Å². The average molecular weight is 174 g/mol. The largest absolute Gasteiger partial charge is 0.383 e. The zero-order chi connectivity index (χ0) is 9.68. The van der Waals surface area contributed by atoms with Crippen molar-refractivity contribution in [2.75, 3.05) is 5.73 Å². The van der Waals surface area contributed by atoms with Crippen molar-refractivity contribution in [2.45, 2.75) is 26.7 Å². The van der Waals surface area contributed by atoms with Gasteiger partial charge in [0.05, 0.1) is 0 Å². The van der Waals surface area contributed by atoms with E-state index in [1.165, 1.54) is 0 Å². The van der Waals surface area contributed by atoms with Crippen molar-refractivity contribution in [3.8, 4) is 11.8 Å². The summed E-state index contributed by atoms with van der Waals surface area (Å²) in [4.78, 5) is 4.09. The third-order valence-electron chi connectivity index (χ3n) is 1.83. The van der Waals surface area contributed by atoms with Gasteiger partial charge < -0.3 is 5.73 Å². The number of nitrogens with two attached hydrogens (primary N) is 1. The lowest BCUT2D eigenvalue weighted by Crippen LogP contribution is -1.98. The van der Waals surface area contributed by atoms with Gasteiger partial charge in [-0.1, -0.05) is 6.07 Å². The second-order valence-corrected chi connectivity index (χ2v) is 2.98. The zero-order valence-corrected chi connectivity index (χ0v) is 8.09. The van der Waals surface area contributed by atoms with Gasteiger partial charge in [0.25, 0.3) is 0 Å². The smallest absolute Gasteiger partial charge is 0.126 e. The highest BCUT2D eigenvalue weighted by Crippen LogP contribution is 2.11. The van der Waals surface area contributed by atoms with E-state index in [4.69, 9.17) is 5.73 Å². The molecule has 0 radical (unpaired) electrons. The standard InChI is InChI=1S/C11H14N2/c1-3-4-5-6-10-7-9(2)8-13-11(10)12/h7-8H,5-6H2,1-2H3,(H2,12,13). The Balaban J connectivity index is 2.73. The third kappa shape index (κ3) is 2.79. The number of anilines is 1. The molecule has 0 saturated heterocycles. The number of hydrogen-bond acceptors (Lipinski definition) is 2. The second-order valence-electron chi connectivity index (χ2n) is 2.98. The fourth-order valence-corrected chi connectivity index (χ4v) is 1.16. The summed E-state index contributed by atoms with van der Waals surface area (Å²) in [5.41, 5.74) is 7.96. The van der Waals surface area contributed by atoms with Crippen molar-refractivity contribution >= 4 is 5.82 Å². The van der Waals surface area contributed by atoms with Gasteiger partial charge in [-0.3, -0.25) is 0 Å². The van der Waals surface area contributed by atoms with Crippen LogP contribution in [0.25, 0.3) is 0 Å². The molecule has 2 heteroatoms.